The Labute approximate surface area is 62.2 Å². The highest BCUT2D eigenvalue weighted by Crippen LogP contribution is 1.92. The average Bonchev–Trinajstić information content (AvgIpc) is 2.05. The molecule has 0 heterocycles. The molecule has 0 aliphatic rings. The molecule has 0 N–H and O–H groups in total. The lowest BCUT2D eigenvalue weighted by Crippen LogP contribution is -2.00. The summed E-state index contributed by atoms with van der Waals surface area (Å²) in [5.41, 5.74) is 0.646. The van der Waals surface area contributed by atoms with Crippen LogP contribution in [0.15, 0.2) is 24.8 Å². The lowest BCUT2D eigenvalue weighted by molar-refractivity contribution is -0.136. The van der Waals surface area contributed by atoms with Crippen molar-refractivity contribution in [1.29, 1.82) is 0 Å². The van der Waals surface area contributed by atoms with Crippen molar-refractivity contribution in [3.05, 3.63) is 24.8 Å². The van der Waals surface area contributed by atoms with Crippen LogP contribution in [0.5, 0.6) is 0 Å². The van der Waals surface area contributed by atoms with E-state index in [9.17, 15) is 4.79 Å². The number of esters is 1. The number of carbonyl (C=O) groups excluding carboxylic acids is 1. The van der Waals surface area contributed by atoms with Crippen molar-refractivity contribution in [2.45, 2.75) is 13.8 Å². The van der Waals surface area contributed by atoms with Gasteiger partial charge in [0.2, 0.25) is 0 Å². The molecule has 0 saturated heterocycles. The lowest BCUT2D eigenvalue weighted by atomic mass is 10.3. The van der Waals surface area contributed by atoms with Gasteiger partial charge in [-0.05, 0) is 13.8 Å². The lowest BCUT2D eigenvalue weighted by Gasteiger charge is -1.93. The Bertz CT molecular complexity index is 125. The summed E-state index contributed by atoms with van der Waals surface area (Å²) in [5.74, 6) is -0.257. The number of carbonyl (C=O) groups is 1. The van der Waals surface area contributed by atoms with E-state index in [0.717, 1.165) is 0 Å². The van der Waals surface area contributed by atoms with Gasteiger partial charge in [0.05, 0.1) is 7.11 Å². The molecule has 0 spiro atoms. The monoisotopic (exact) mass is 142 g/mol. The second-order valence-corrected chi connectivity index (χ2v) is 1.46. The zero-order valence-electron chi connectivity index (χ0n) is 6.81. The van der Waals surface area contributed by atoms with Gasteiger partial charge in [0, 0.05) is 5.57 Å². The van der Waals surface area contributed by atoms with E-state index in [1.807, 2.05) is 0 Å². The van der Waals surface area contributed by atoms with Crippen molar-refractivity contribution >= 4 is 5.97 Å². The van der Waals surface area contributed by atoms with Crippen LogP contribution in [-0.4, -0.2) is 13.1 Å². The predicted molar refractivity (Wildman–Crippen MR) is 42.7 cm³/mol. The third-order valence-electron chi connectivity index (χ3n) is 0.940. The zero-order valence-corrected chi connectivity index (χ0v) is 6.81. The Balaban J connectivity index is 0. The first kappa shape index (κ1) is 11.7. The van der Waals surface area contributed by atoms with Crippen LogP contribution in [-0.2, 0) is 9.53 Å². The summed E-state index contributed by atoms with van der Waals surface area (Å²) >= 11 is 0. The number of allylic oxidation sites excluding steroid dienone is 1. The fourth-order valence-electron chi connectivity index (χ4n) is 0.279. The smallest absolute Gasteiger partial charge is 0.333 e. The quantitative estimate of drug-likeness (QED) is 0.317. The number of rotatable bonds is 1. The first-order valence-electron chi connectivity index (χ1n) is 2.93. The molecule has 10 heavy (non-hydrogen) atoms. The van der Waals surface area contributed by atoms with Crippen molar-refractivity contribution in [2.75, 3.05) is 7.11 Å². The van der Waals surface area contributed by atoms with Gasteiger partial charge in [-0.15, -0.1) is 13.2 Å². The van der Waals surface area contributed by atoms with Gasteiger partial charge in [0.15, 0.2) is 0 Å². The second-order valence-electron chi connectivity index (χ2n) is 1.46. The molecule has 0 rings (SSSR count). The number of ether oxygens (including phenoxy) is 1. The average molecular weight is 142 g/mol. The van der Waals surface area contributed by atoms with Gasteiger partial charge in [-0.25, -0.2) is 4.79 Å². The summed E-state index contributed by atoms with van der Waals surface area (Å²) < 4.78 is 4.40. The van der Waals surface area contributed by atoms with Crippen LogP contribution in [0.1, 0.15) is 13.8 Å². The second kappa shape index (κ2) is 7.95. The highest BCUT2D eigenvalue weighted by molar-refractivity contribution is 5.87. The molecule has 0 unspecified atom stereocenters. The van der Waals surface area contributed by atoms with Crippen LogP contribution < -0.4 is 0 Å². The molecule has 0 radical (unpaired) electrons. The van der Waals surface area contributed by atoms with Crippen LogP contribution in [0.25, 0.3) is 0 Å². The molecule has 0 aromatic heterocycles. The standard InChI is InChI=1S/C6H10O2.C2H4/c1-4-5(2)6(7)8-3;1-2/h4H,1-3H3;1-2H2/b5-4+;. The van der Waals surface area contributed by atoms with E-state index in [4.69, 9.17) is 0 Å². The Morgan fingerprint density at radius 3 is 2.00 bits per heavy atom. The van der Waals surface area contributed by atoms with Crippen LogP contribution in [0, 0.1) is 0 Å². The Hall–Kier alpha value is -1.05. The highest BCUT2D eigenvalue weighted by atomic mass is 16.5. The molecular weight excluding hydrogens is 128 g/mol. The Morgan fingerprint density at radius 1 is 1.50 bits per heavy atom. The SMILES string of the molecule is C/C=C(\C)C(=O)OC.C=C. The fraction of sp³-hybridized carbons (Fsp3) is 0.375. The van der Waals surface area contributed by atoms with Gasteiger partial charge >= 0.3 is 5.97 Å². The van der Waals surface area contributed by atoms with Crippen LogP contribution in [0.3, 0.4) is 0 Å². The van der Waals surface area contributed by atoms with Gasteiger partial charge in [-0.2, -0.15) is 0 Å². The molecule has 0 saturated carbocycles. The van der Waals surface area contributed by atoms with E-state index in [-0.39, 0.29) is 5.97 Å². The summed E-state index contributed by atoms with van der Waals surface area (Å²) in [4.78, 5) is 10.5. The predicted octanol–water partition coefficient (Wildman–Crippen LogP) is 1.93. The van der Waals surface area contributed by atoms with Crippen LogP contribution in [0.4, 0.5) is 0 Å². The number of methoxy groups -OCH3 is 1. The third-order valence-corrected chi connectivity index (χ3v) is 0.940. The van der Waals surface area contributed by atoms with Gasteiger partial charge in [-0.3, -0.25) is 0 Å². The van der Waals surface area contributed by atoms with Gasteiger partial charge in [0.25, 0.3) is 0 Å². The first-order valence-corrected chi connectivity index (χ1v) is 2.93. The minimum atomic E-state index is -0.257. The maximum atomic E-state index is 10.5. The normalized spacial score (nSPS) is 9.30. The molecule has 58 valence electrons. The van der Waals surface area contributed by atoms with Crippen molar-refractivity contribution in [3.63, 3.8) is 0 Å². The molecule has 0 aromatic carbocycles. The summed E-state index contributed by atoms with van der Waals surface area (Å²) in [7, 11) is 1.37. The van der Waals surface area contributed by atoms with Crippen molar-refractivity contribution in [2.24, 2.45) is 0 Å². The van der Waals surface area contributed by atoms with Gasteiger partial charge in [0.1, 0.15) is 0 Å². The number of hydrogen-bond donors (Lipinski definition) is 0. The summed E-state index contributed by atoms with van der Waals surface area (Å²) in [6.45, 7) is 9.51. The first-order chi connectivity index (χ1) is 4.72. The van der Waals surface area contributed by atoms with E-state index < -0.39 is 0 Å². The highest BCUT2D eigenvalue weighted by Gasteiger charge is 1.98. The van der Waals surface area contributed by atoms with E-state index in [2.05, 4.69) is 17.9 Å². The molecule has 0 fully saturated rings. The Kier molecular flexibility index (Phi) is 9.31. The van der Waals surface area contributed by atoms with Crippen molar-refractivity contribution in [3.8, 4) is 0 Å². The molecule has 0 aliphatic carbocycles. The molecule has 0 atom stereocenters. The Morgan fingerprint density at radius 2 is 1.90 bits per heavy atom. The number of hydrogen-bond acceptors (Lipinski definition) is 2. The van der Waals surface area contributed by atoms with Crippen molar-refractivity contribution in [1.82, 2.24) is 0 Å². The van der Waals surface area contributed by atoms with E-state index >= 15 is 0 Å². The largest absolute Gasteiger partial charge is 0.466 e. The molecule has 0 amide bonds. The maximum Gasteiger partial charge on any atom is 0.333 e. The maximum absolute atomic E-state index is 10.5. The summed E-state index contributed by atoms with van der Waals surface area (Å²) in [6.07, 6.45) is 1.71. The summed E-state index contributed by atoms with van der Waals surface area (Å²) in [6, 6.07) is 0. The van der Waals surface area contributed by atoms with E-state index in [0.29, 0.717) is 5.57 Å². The molecular formula is C8H14O2. The molecule has 0 aromatic rings. The minimum Gasteiger partial charge on any atom is -0.466 e. The van der Waals surface area contributed by atoms with Crippen LogP contribution >= 0.6 is 0 Å². The van der Waals surface area contributed by atoms with E-state index in [1.165, 1.54) is 7.11 Å². The van der Waals surface area contributed by atoms with Gasteiger partial charge in [-0.1, -0.05) is 6.08 Å². The minimum absolute atomic E-state index is 0.257. The zero-order chi connectivity index (χ0) is 8.57. The van der Waals surface area contributed by atoms with E-state index in [1.54, 1.807) is 19.9 Å². The fourth-order valence-corrected chi connectivity index (χ4v) is 0.279. The summed E-state index contributed by atoms with van der Waals surface area (Å²) in [5, 5.41) is 0. The van der Waals surface area contributed by atoms with Crippen molar-refractivity contribution < 1.29 is 9.53 Å². The molecule has 2 nitrogen and oxygen atoms in total. The topological polar surface area (TPSA) is 26.3 Å². The van der Waals surface area contributed by atoms with Gasteiger partial charge < -0.3 is 4.74 Å². The third kappa shape index (κ3) is 5.09. The van der Waals surface area contributed by atoms with Crippen LogP contribution in [0.2, 0.25) is 0 Å². The molecule has 0 bridgehead atoms. The molecule has 0 aliphatic heterocycles. The molecule has 2 heteroatoms.